The van der Waals surface area contributed by atoms with Gasteiger partial charge in [-0.15, -0.1) is 0 Å². The molecule has 23 heavy (non-hydrogen) atoms. The first-order valence-electron chi connectivity index (χ1n) is 7.42. The number of para-hydroxylation sites is 2. The highest BCUT2D eigenvalue weighted by Crippen LogP contribution is 2.26. The number of furan rings is 1. The summed E-state index contributed by atoms with van der Waals surface area (Å²) in [6.07, 6.45) is 0. The largest absolute Gasteiger partial charge is 0.456 e. The molecule has 2 N–H and O–H groups in total. The Bertz CT molecular complexity index is 819. The molecular formula is C19H18N2O2. The topological polar surface area (TPSA) is 54.3 Å². The fraction of sp³-hybridized carbons (Fsp3) is 0.105. The van der Waals surface area contributed by atoms with Crippen molar-refractivity contribution in [1.29, 1.82) is 0 Å². The lowest BCUT2D eigenvalue weighted by Gasteiger charge is -2.12. The highest BCUT2D eigenvalue weighted by atomic mass is 16.3. The molecule has 116 valence electrons. The molecule has 0 unspecified atom stereocenters. The number of hydrogen-bond acceptors (Lipinski definition) is 3. The summed E-state index contributed by atoms with van der Waals surface area (Å²) in [4.78, 5) is 12.2. The van der Waals surface area contributed by atoms with Crippen molar-refractivity contribution < 1.29 is 9.21 Å². The van der Waals surface area contributed by atoms with Crippen LogP contribution in [-0.2, 0) is 0 Å². The van der Waals surface area contributed by atoms with Gasteiger partial charge in [-0.3, -0.25) is 4.79 Å². The number of benzene rings is 2. The third-order valence-corrected chi connectivity index (χ3v) is 3.47. The monoisotopic (exact) mass is 306 g/mol. The van der Waals surface area contributed by atoms with Gasteiger partial charge in [-0.1, -0.05) is 29.8 Å². The van der Waals surface area contributed by atoms with Crippen LogP contribution in [0.25, 0.3) is 0 Å². The van der Waals surface area contributed by atoms with Gasteiger partial charge in [0.05, 0.1) is 11.4 Å². The van der Waals surface area contributed by atoms with Crippen molar-refractivity contribution >= 4 is 23.0 Å². The first-order chi connectivity index (χ1) is 11.1. The summed E-state index contributed by atoms with van der Waals surface area (Å²) in [5.74, 6) is 0.741. The Morgan fingerprint density at radius 1 is 0.870 bits per heavy atom. The zero-order valence-electron chi connectivity index (χ0n) is 13.1. The predicted octanol–water partition coefficient (Wildman–Crippen LogP) is 4.89. The lowest BCUT2D eigenvalue weighted by Crippen LogP contribution is -2.12. The molecule has 0 saturated heterocycles. The molecule has 3 rings (SSSR count). The van der Waals surface area contributed by atoms with Crippen LogP contribution in [0.3, 0.4) is 0 Å². The van der Waals surface area contributed by atoms with Gasteiger partial charge in [0.15, 0.2) is 5.76 Å². The number of aryl methyl sites for hydroxylation is 2. The molecule has 0 aliphatic rings. The van der Waals surface area contributed by atoms with Crippen molar-refractivity contribution in [2.24, 2.45) is 0 Å². The molecular weight excluding hydrogens is 288 g/mol. The van der Waals surface area contributed by atoms with Crippen LogP contribution in [0.4, 0.5) is 17.1 Å². The molecule has 0 radical (unpaired) electrons. The molecule has 1 heterocycles. The van der Waals surface area contributed by atoms with Gasteiger partial charge in [-0.2, -0.15) is 0 Å². The van der Waals surface area contributed by atoms with Crippen molar-refractivity contribution in [3.05, 3.63) is 77.7 Å². The van der Waals surface area contributed by atoms with E-state index in [-0.39, 0.29) is 5.91 Å². The van der Waals surface area contributed by atoms with E-state index < -0.39 is 0 Å². The number of rotatable bonds is 4. The van der Waals surface area contributed by atoms with Crippen molar-refractivity contribution in [1.82, 2.24) is 0 Å². The average Bonchev–Trinajstić information content (AvgIpc) is 2.98. The second-order valence-corrected chi connectivity index (χ2v) is 5.40. The predicted molar refractivity (Wildman–Crippen MR) is 92.3 cm³/mol. The highest BCUT2D eigenvalue weighted by molar-refractivity contribution is 6.04. The fourth-order valence-corrected chi connectivity index (χ4v) is 2.23. The third kappa shape index (κ3) is 3.61. The van der Waals surface area contributed by atoms with E-state index in [4.69, 9.17) is 4.42 Å². The Balaban J connectivity index is 1.80. The number of carbonyl (C=O) groups is 1. The maximum atomic E-state index is 12.2. The van der Waals surface area contributed by atoms with Gasteiger partial charge in [-0.25, -0.2) is 0 Å². The lowest BCUT2D eigenvalue weighted by molar-refractivity contribution is 0.0995. The maximum Gasteiger partial charge on any atom is 0.291 e. The molecule has 0 spiro atoms. The van der Waals surface area contributed by atoms with E-state index in [1.807, 2.05) is 62.4 Å². The second-order valence-electron chi connectivity index (χ2n) is 5.40. The summed E-state index contributed by atoms with van der Waals surface area (Å²) in [5, 5.41) is 6.19. The molecule has 1 amide bonds. The Morgan fingerprint density at radius 3 is 2.22 bits per heavy atom. The van der Waals surface area contributed by atoms with Crippen molar-refractivity contribution in [3.63, 3.8) is 0 Å². The Kier molecular flexibility index (Phi) is 4.15. The van der Waals surface area contributed by atoms with Crippen LogP contribution < -0.4 is 10.6 Å². The van der Waals surface area contributed by atoms with Gasteiger partial charge in [0, 0.05) is 5.69 Å². The first kappa shape index (κ1) is 14.9. The quantitative estimate of drug-likeness (QED) is 0.721. The Morgan fingerprint density at radius 2 is 1.57 bits per heavy atom. The molecule has 4 nitrogen and oxygen atoms in total. The van der Waals surface area contributed by atoms with E-state index in [2.05, 4.69) is 10.6 Å². The molecule has 4 heteroatoms. The van der Waals surface area contributed by atoms with Gasteiger partial charge in [0.2, 0.25) is 0 Å². The number of nitrogens with one attached hydrogen (secondary N) is 2. The SMILES string of the molecule is Cc1ccc(Nc2ccccc2NC(=O)c2ccc(C)o2)cc1. The van der Waals surface area contributed by atoms with Crippen LogP contribution in [0.1, 0.15) is 21.9 Å². The van der Waals surface area contributed by atoms with Crippen LogP contribution in [0.15, 0.2) is 65.1 Å². The fourth-order valence-electron chi connectivity index (χ4n) is 2.23. The second kappa shape index (κ2) is 6.40. The zero-order chi connectivity index (χ0) is 16.2. The summed E-state index contributed by atoms with van der Waals surface area (Å²) >= 11 is 0. The van der Waals surface area contributed by atoms with Gasteiger partial charge in [-0.05, 0) is 50.2 Å². The van der Waals surface area contributed by atoms with Crippen LogP contribution in [0, 0.1) is 13.8 Å². The summed E-state index contributed by atoms with van der Waals surface area (Å²) in [6.45, 7) is 3.85. The van der Waals surface area contributed by atoms with Gasteiger partial charge in [0.1, 0.15) is 5.76 Å². The molecule has 0 aliphatic heterocycles. The molecule has 0 fully saturated rings. The first-order valence-corrected chi connectivity index (χ1v) is 7.42. The normalized spacial score (nSPS) is 10.3. The molecule has 2 aromatic carbocycles. The van der Waals surface area contributed by atoms with Gasteiger partial charge < -0.3 is 15.1 Å². The summed E-state index contributed by atoms with van der Waals surface area (Å²) in [6, 6.07) is 19.1. The van der Waals surface area contributed by atoms with Crippen LogP contribution >= 0.6 is 0 Å². The van der Waals surface area contributed by atoms with E-state index in [1.54, 1.807) is 12.1 Å². The van der Waals surface area contributed by atoms with Crippen molar-refractivity contribution in [2.75, 3.05) is 10.6 Å². The van der Waals surface area contributed by atoms with Crippen molar-refractivity contribution in [2.45, 2.75) is 13.8 Å². The van der Waals surface area contributed by atoms with E-state index >= 15 is 0 Å². The molecule has 0 saturated carbocycles. The average molecular weight is 306 g/mol. The standard InChI is InChI=1S/C19H18N2O2/c1-13-7-10-15(11-8-13)20-16-5-3-4-6-17(16)21-19(22)18-12-9-14(2)23-18/h3-12,20H,1-2H3,(H,21,22). The summed E-state index contributed by atoms with van der Waals surface area (Å²) in [5.41, 5.74) is 3.69. The van der Waals surface area contributed by atoms with Gasteiger partial charge >= 0.3 is 0 Å². The van der Waals surface area contributed by atoms with E-state index in [9.17, 15) is 4.79 Å². The number of hydrogen-bond donors (Lipinski definition) is 2. The zero-order valence-corrected chi connectivity index (χ0v) is 13.1. The minimum atomic E-state index is -0.267. The lowest BCUT2D eigenvalue weighted by atomic mass is 10.2. The van der Waals surface area contributed by atoms with E-state index in [0.717, 1.165) is 11.4 Å². The van der Waals surface area contributed by atoms with E-state index in [0.29, 0.717) is 17.2 Å². The summed E-state index contributed by atoms with van der Waals surface area (Å²) in [7, 11) is 0. The smallest absolute Gasteiger partial charge is 0.291 e. The van der Waals surface area contributed by atoms with E-state index in [1.165, 1.54) is 5.56 Å². The number of carbonyl (C=O) groups excluding carboxylic acids is 1. The molecule has 3 aromatic rings. The van der Waals surface area contributed by atoms with Crippen LogP contribution in [0.5, 0.6) is 0 Å². The van der Waals surface area contributed by atoms with Gasteiger partial charge in [0.25, 0.3) is 5.91 Å². The molecule has 0 bridgehead atoms. The van der Waals surface area contributed by atoms with Crippen LogP contribution in [-0.4, -0.2) is 5.91 Å². The summed E-state index contributed by atoms with van der Waals surface area (Å²) < 4.78 is 5.36. The molecule has 0 atom stereocenters. The minimum Gasteiger partial charge on any atom is -0.456 e. The number of anilines is 3. The number of amides is 1. The highest BCUT2D eigenvalue weighted by Gasteiger charge is 2.12. The minimum absolute atomic E-state index is 0.267. The Labute approximate surface area is 135 Å². The molecule has 0 aliphatic carbocycles. The Hall–Kier alpha value is -3.01. The maximum absolute atomic E-state index is 12.2. The third-order valence-electron chi connectivity index (χ3n) is 3.47. The van der Waals surface area contributed by atoms with Crippen molar-refractivity contribution in [3.8, 4) is 0 Å². The molecule has 1 aromatic heterocycles. The van der Waals surface area contributed by atoms with Crippen LogP contribution in [0.2, 0.25) is 0 Å².